The molecule has 138 valence electrons. The third-order valence-corrected chi connectivity index (χ3v) is 3.69. The van der Waals surface area contributed by atoms with E-state index < -0.39 is 49.0 Å². The lowest BCUT2D eigenvalue weighted by Gasteiger charge is -2.39. The molecule has 1 fully saturated rings. The molecule has 1 aliphatic heterocycles. The standard InChI is InChI=1S/C16H20O9/c1-23-9-4-2-3-8(5-9)6-10(15(21)22)24-16-14(20)13(19)12(18)11(7-17)25-16/h2-6,11-14,16-20H,7H2,1H3,(H,21,22). The van der Waals surface area contributed by atoms with Crippen molar-refractivity contribution in [2.45, 2.75) is 30.7 Å². The molecule has 1 aromatic rings. The van der Waals surface area contributed by atoms with Gasteiger partial charge in [0.25, 0.3) is 0 Å². The first-order valence-electron chi connectivity index (χ1n) is 7.43. The number of aliphatic carboxylic acids is 1. The van der Waals surface area contributed by atoms with Crippen molar-refractivity contribution in [1.82, 2.24) is 0 Å². The Morgan fingerprint density at radius 1 is 1.24 bits per heavy atom. The van der Waals surface area contributed by atoms with Gasteiger partial charge in [0.15, 0.2) is 0 Å². The molecular weight excluding hydrogens is 336 g/mol. The average molecular weight is 356 g/mol. The number of hydrogen-bond acceptors (Lipinski definition) is 8. The Labute approximate surface area is 143 Å². The number of ether oxygens (including phenoxy) is 3. The highest BCUT2D eigenvalue weighted by atomic mass is 16.7. The number of methoxy groups -OCH3 is 1. The topological polar surface area (TPSA) is 146 Å². The van der Waals surface area contributed by atoms with E-state index in [0.29, 0.717) is 11.3 Å². The molecule has 5 N–H and O–H groups in total. The van der Waals surface area contributed by atoms with Crippen LogP contribution in [0.4, 0.5) is 0 Å². The molecule has 9 nitrogen and oxygen atoms in total. The van der Waals surface area contributed by atoms with Crippen molar-refractivity contribution in [3.8, 4) is 5.75 Å². The van der Waals surface area contributed by atoms with Crippen molar-refractivity contribution in [3.63, 3.8) is 0 Å². The number of carbonyl (C=O) groups is 1. The normalized spacial score (nSPS) is 30.0. The molecule has 1 saturated heterocycles. The van der Waals surface area contributed by atoms with Gasteiger partial charge < -0.3 is 39.7 Å². The van der Waals surface area contributed by atoms with Crippen LogP contribution in [0.5, 0.6) is 5.75 Å². The molecule has 1 heterocycles. The fraction of sp³-hybridized carbons (Fsp3) is 0.438. The molecule has 0 amide bonds. The van der Waals surface area contributed by atoms with E-state index in [2.05, 4.69) is 0 Å². The van der Waals surface area contributed by atoms with Crippen LogP contribution < -0.4 is 4.74 Å². The van der Waals surface area contributed by atoms with Crippen molar-refractivity contribution in [2.75, 3.05) is 13.7 Å². The highest BCUT2D eigenvalue weighted by Crippen LogP contribution is 2.25. The zero-order valence-electron chi connectivity index (χ0n) is 13.3. The van der Waals surface area contributed by atoms with Crippen LogP contribution in [0, 0.1) is 0 Å². The lowest BCUT2D eigenvalue weighted by Crippen LogP contribution is -2.59. The third kappa shape index (κ3) is 4.47. The number of carboxylic acid groups (broad SMARTS) is 1. The van der Waals surface area contributed by atoms with Crippen LogP contribution >= 0.6 is 0 Å². The minimum absolute atomic E-state index is 0.460. The summed E-state index contributed by atoms with van der Waals surface area (Å²) in [6.45, 7) is -0.646. The van der Waals surface area contributed by atoms with E-state index in [0.717, 1.165) is 0 Å². The molecule has 1 aliphatic rings. The summed E-state index contributed by atoms with van der Waals surface area (Å²) in [6, 6.07) is 6.51. The second kappa shape index (κ2) is 8.28. The zero-order chi connectivity index (χ0) is 18.6. The molecule has 1 aromatic carbocycles. The molecule has 2 rings (SSSR count). The van der Waals surface area contributed by atoms with E-state index in [1.807, 2.05) is 0 Å². The van der Waals surface area contributed by atoms with Crippen LogP contribution in [0.15, 0.2) is 30.0 Å². The molecule has 5 atom stereocenters. The summed E-state index contributed by atoms with van der Waals surface area (Å²) in [7, 11) is 1.46. The second-order valence-corrected chi connectivity index (χ2v) is 5.41. The number of aliphatic hydroxyl groups excluding tert-OH is 4. The van der Waals surface area contributed by atoms with E-state index in [-0.39, 0.29) is 0 Å². The number of aliphatic hydroxyl groups is 4. The van der Waals surface area contributed by atoms with Gasteiger partial charge in [0.05, 0.1) is 13.7 Å². The first kappa shape index (κ1) is 19.2. The van der Waals surface area contributed by atoms with Gasteiger partial charge in [-0.3, -0.25) is 0 Å². The average Bonchev–Trinajstić information content (AvgIpc) is 2.61. The van der Waals surface area contributed by atoms with E-state index in [9.17, 15) is 25.2 Å². The Kier molecular flexibility index (Phi) is 6.34. The Morgan fingerprint density at radius 3 is 2.56 bits per heavy atom. The second-order valence-electron chi connectivity index (χ2n) is 5.41. The van der Waals surface area contributed by atoms with Crippen LogP contribution in [0.2, 0.25) is 0 Å². The molecule has 0 aliphatic carbocycles. The third-order valence-electron chi connectivity index (χ3n) is 3.69. The van der Waals surface area contributed by atoms with E-state index in [4.69, 9.17) is 19.3 Å². The first-order chi connectivity index (χ1) is 11.9. The quantitative estimate of drug-likeness (QED) is 0.318. The van der Waals surface area contributed by atoms with E-state index in [1.165, 1.54) is 13.2 Å². The Balaban J connectivity index is 2.23. The number of hydrogen-bond donors (Lipinski definition) is 5. The molecule has 25 heavy (non-hydrogen) atoms. The lowest BCUT2D eigenvalue weighted by molar-refractivity contribution is -0.291. The summed E-state index contributed by atoms with van der Waals surface area (Å²) in [4.78, 5) is 11.4. The molecular formula is C16H20O9. The van der Waals surface area contributed by atoms with Crippen molar-refractivity contribution in [1.29, 1.82) is 0 Å². The zero-order valence-corrected chi connectivity index (χ0v) is 13.3. The summed E-state index contributed by atoms with van der Waals surface area (Å²) in [6.07, 6.45) is -6.52. The van der Waals surface area contributed by atoms with Crippen LogP contribution in [0.1, 0.15) is 5.56 Å². The summed E-state index contributed by atoms with van der Waals surface area (Å²) in [5.41, 5.74) is 0.460. The van der Waals surface area contributed by atoms with Crippen LogP contribution in [-0.4, -0.2) is 75.9 Å². The van der Waals surface area contributed by atoms with Gasteiger partial charge in [-0.05, 0) is 23.8 Å². The number of carboxylic acids is 1. The van der Waals surface area contributed by atoms with Gasteiger partial charge >= 0.3 is 5.97 Å². The summed E-state index contributed by atoms with van der Waals surface area (Å²) in [5.74, 6) is -1.48. The van der Waals surface area contributed by atoms with Crippen molar-refractivity contribution in [2.24, 2.45) is 0 Å². The maximum atomic E-state index is 11.4. The summed E-state index contributed by atoms with van der Waals surface area (Å²) < 4.78 is 15.3. The summed E-state index contributed by atoms with van der Waals surface area (Å²) in [5, 5.41) is 47.8. The number of rotatable bonds is 6. The predicted octanol–water partition coefficient (Wildman–Crippen LogP) is -1.06. The first-order valence-corrected chi connectivity index (χ1v) is 7.43. The smallest absolute Gasteiger partial charge is 0.371 e. The molecule has 0 bridgehead atoms. The van der Waals surface area contributed by atoms with Crippen molar-refractivity contribution in [3.05, 3.63) is 35.6 Å². The maximum absolute atomic E-state index is 11.4. The predicted molar refractivity (Wildman–Crippen MR) is 83.5 cm³/mol. The SMILES string of the molecule is COc1cccc(C=C(OC2OC(CO)C(O)C(O)C2O)C(=O)O)c1. The minimum Gasteiger partial charge on any atom is -0.497 e. The van der Waals surface area contributed by atoms with Gasteiger partial charge in [-0.25, -0.2) is 4.79 Å². The fourth-order valence-electron chi connectivity index (χ4n) is 2.32. The molecule has 5 unspecified atom stereocenters. The molecule has 9 heteroatoms. The van der Waals surface area contributed by atoms with E-state index >= 15 is 0 Å². The van der Waals surface area contributed by atoms with Crippen molar-refractivity contribution < 1.29 is 44.5 Å². The fourth-order valence-corrected chi connectivity index (χ4v) is 2.32. The van der Waals surface area contributed by atoms with Crippen LogP contribution in [0.25, 0.3) is 6.08 Å². The Hall–Kier alpha value is -2.17. The molecule has 0 radical (unpaired) electrons. The maximum Gasteiger partial charge on any atom is 0.371 e. The van der Waals surface area contributed by atoms with Gasteiger partial charge in [-0.1, -0.05) is 12.1 Å². The molecule has 0 aromatic heterocycles. The van der Waals surface area contributed by atoms with Crippen molar-refractivity contribution >= 4 is 12.0 Å². The van der Waals surface area contributed by atoms with Gasteiger partial charge in [0.1, 0.15) is 30.2 Å². The van der Waals surface area contributed by atoms with Crippen LogP contribution in [0.3, 0.4) is 0 Å². The summed E-state index contributed by atoms with van der Waals surface area (Å²) >= 11 is 0. The highest BCUT2D eigenvalue weighted by Gasteiger charge is 2.45. The molecule has 0 spiro atoms. The van der Waals surface area contributed by atoms with Gasteiger partial charge in [-0.15, -0.1) is 0 Å². The molecule has 0 saturated carbocycles. The minimum atomic E-state index is -1.70. The highest BCUT2D eigenvalue weighted by molar-refractivity contribution is 5.89. The van der Waals surface area contributed by atoms with Crippen LogP contribution in [-0.2, 0) is 14.3 Å². The largest absolute Gasteiger partial charge is 0.497 e. The van der Waals surface area contributed by atoms with E-state index in [1.54, 1.807) is 24.3 Å². The van der Waals surface area contributed by atoms with Gasteiger partial charge in [0.2, 0.25) is 12.0 Å². The Morgan fingerprint density at radius 2 is 1.96 bits per heavy atom. The van der Waals surface area contributed by atoms with Gasteiger partial charge in [0, 0.05) is 0 Å². The number of benzene rings is 1. The lowest BCUT2D eigenvalue weighted by atomic mass is 9.99. The Bertz CT molecular complexity index is 628. The van der Waals surface area contributed by atoms with Gasteiger partial charge in [-0.2, -0.15) is 0 Å². The monoisotopic (exact) mass is 356 g/mol.